The normalized spacial score (nSPS) is 12.3. The van der Waals surface area contributed by atoms with Gasteiger partial charge < -0.3 is 14.1 Å². The zero-order valence-corrected chi connectivity index (χ0v) is 20.7. The summed E-state index contributed by atoms with van der Waals surface area (Å²) >= 11 is 3.27. The lowest BCUT2D eigenvalue weighted by atomic mass is 9.81. The van der Waals surface area contributed by atoms with Crippen LogP contribution in [0, 0.1) is 20.8 Å². The van der Waals surface area contributed by atoms with E-state index in [0.29, 0.717) is 0 Å². The number of hydrogen-bond acceptors (Lipinski definition) is 5. The lowest BCUT2D eigenvalue weighted by Gasteiger charge is -2.36. The number of hydrogen-bond donors (Lipinski definition) is 2. The van der Waals surface area contributed by atoms with Crippen LogP contribution in [0.5, 0.6) is 0 Å². The molecule has 4 rings (SSSR count). The molecule has 0 aliphatic carbocycles. The largest absolute Gasteiger partial charge is 0.481 e. The maximum atomic E-state index is 11.9. The van der Waals surface area contributed by atoms with Crippen LogP contribution in [0.1, 0.15) is 27.8 Å². The van der Waals surface area contributed by atoms with Gasteiger partial charge in [0, 0.05) is 23.8 Å². The Bertz CT molecular complexity index is 1190. The predicted molar refractivity (Wildman–Crippen MR) is 140 cm³/mol. The molecule has 0 bridgehead atoms. The number of anilines is 2. The molecule has 0 spiro atoms. The molecule has 0 saturated heterocycles. The molecule has 4 nitrogen and oxygen atoms in total. The van der Waals surface area contributed by atoms with Crippen molar-refractivity contribution in [3.8, 4) is 22.3 Å². The molecule has 166 valence electrons. The second-order valence-corrected chi connectivity index (χ2v) is 9.58. The highest BCUT2D eigenvalue weighted by atomic mass is 32.2. The molecule has 6 heteroatoms. The van der Waals surface area contributed by atoms with E-state index in [-0.39, 0.29) is 6.42 Å². The molecule has 1 heterocycles. The Balaban J connectivity index is 2.08. The van der Waals surface area contributed by atoms with Gasteiger partial charge in [0.1, 0.15) is 0 Å². The average Bonchev–Trinajstić information content (AvgIpc) is 2.77. The Labute approximate surface area is 198 Å². The van der Waals surface area contributed by atoms with Crippen LogP contribution in [-0.2, 0) is 17.8 Å². The number of benzene rings is 3. The second-order valence-electron chi connectivity index (χ2n) is 8.16. The van der Waals surface area contributed by atoms with Crippen molar-refractivity contribution in [1.82, 2.24) is 0 Å². The van der Waals surface area contributed by atoms with Crippen LogP contribution in [0.25, 0.3) is 22.3 Å². The van der Waals surface area contributed by atoms with E-state index in [9.17, 15) is 9.90 Å². The summed E-state index contributed by atoms with van der Waals surface area (Å²) < 4.78 is 5.66. The van der Waals surface area contributed by atoms with Crippen LogP contribution in [0.3, 0.4) is 0 Å². The van der Waals surface area contributed by atoms with Gasteiger partial charge in [0.15, 0.2) is 0 Å². The molecule has 1 aliphatic rings. The van der Waals surface area contributed by atoms with Crippen molar-refractivity contribution in [2.45, 2.75) is 33.7 Å². The van der Waals surface area contributed by atoms with Crippen molar-refractivity contribution < 1.29 is 9.90 Å². The molecule has 3 aromatic rings. The van der Waals surface area contributed by atoms with E-state index in [1.165, 1.54) is 22.3 Å². The smallest absolute Gasteiger partial charge is 0.307 e. The molecule has 0 fully saturated rings. The first-order chi connectivity index (χ1) is 15.3. The number of fused-ring (bicyclic) bond motifs is 3. The molecule has 0 atom stereocenters. The van der Waals surface area contributed by atoms with Crippen LogP contribution in [0.2, 0.25) is 0 Å². The summed E-state index contributed by atoms with van der Waals surface area (Å²) in [7, 11) is 0. The summed E-state index contributed by atoms with van der Waals surface area (Å²) in [6, 6.07) is 15.0. The fraction of sp³-hybridized carbons (Fsp3) is 0.269. The molecule has 3 aromatic carbocycles. The van der Waals surface area contributed by atoms with Gasteiger partial charge in [-0.1, -0.05) is 59.8 Å². The van der Waals surface area contributed by atoms with Crippen molar-refractivity contribution in [1.29, 1.82) is 0 Å². The van der Waals surface area contributed by atoms with Gasteiger partial charge in [-0.15, -0.1) is 0 Å². The lowest BCUT2D eigenvalue weighted by molar-refractivity contribution is -0.136. The van der Waals surface area contributed by atoms with Gasteiger partial charge >= 0.3 is 5.97 Å². The Morgan fingerprint density at radius 1 is 1.03 bits per heavy atom. The van der Waals surface area contributed by atoms with Crippen LogP contribution >= 0.6 is 23.9 Å². The SMILES string of the molecule is CSNc1ccc2c(c1)-c1c(C)c(-c3ccc(C)cc3)c(CC(=O)O)c(C)c1N(SC)C2. The minimum absolute atomic E-state index is 0.00626. The molecule has 32 heavy (non-hydrogen) atoms. The first-order valence-electron chi connectivity index (χ1n) is 10.5. The summed E-state index contributed by atoms with van der Waals surface area (Å²) in [6.45, 7) is 7.08. The first-order valence-corrected chi connectivity index (χ1v) is 12.9. The highest BCUT2D eigenvalue weighted by Crippen LogP contribution is 2.50. The summed E-state index contributed by atoms with van der Waals surface area (Å²) in [6.07, 6.45) is 4.11. The Kier molecular flexibility index (Phi) is 6.45. The van der Waals surface area contributed by atoms with Gasteiger partial charge in [-0.3, -0.25) is 4.79 Å². The van der Waals surface area contributed by atoms with Crippen molar-refractivity contribution in [3.05, 3.63) is 70.3 Å². The van der Waals surface area contributed by atoms with Crippen LogP contribution in [0.15, 0.2) is 42.5 Å². The third kappa shape index (κ3) is 3.97. The molecule has 2 N–H and O–H groups in total. The molecular weight excluding hydrogens is 436 g/mol. The molecule has 0 amide bonds. The van der Waals surface area contributed by atoms with Gasteiger partial charge in [-0.25, -0.2) is 0 Å². The van der Waals surface area contributed by atoms with E-state index in [1.807, 2.05) is 6.26 Å². The number of nitrogens with zero attached hydrogens (tertiary/aromatic N) is 1. The summed E-state index contributed by atoms with van der Waals surface area (Å²) in [5.74, 6) is -0.806. The van der Waals surface area contributed by atoms with Crippen molar-refractivity contribution in [3.63, 3.8) is 0 Å². The van der Waals surface area contributed by atoms with Crippen LogP contribution in [0.4, 0.5) is 11.4 Å². The monoisotopic (exact) mass is 464 g/mol. The maximum Gasteiger partial charge on any atom is 0.307 e. The number of nitrogens with one attached hydrogen (secondary N) is 1. The number of carboxylic acid groups (broad SMARTS) is 1. The molecule has 1 aliphatic heterocycles. The highest BCUT2D eigenvalue weighted by Gasteiger charge is 2.30. The fourth-order valence-corrected chi connectivity index (χ4v) is 5.73. The number of aliphatic carboxylic acids is 1. The summed E-state index contributed by atoms with van der Waals surface area (Å²) in [5.41, 5.74) is 12.3. The van der Waals surface area contributed by atoms with Gasteiger partial charge in [0.25, 0.3) is 0 Å². The summed E-state index contributed by atoms with van der Waals surface area (Å²) in [5, 5.41) is 9.75. The zero-order chi connectivity index (χ0) is 23.0. The van der Waals surface area contributed by atoms with Crippen LogP contribution in [-0.4, -0.2) is 23.6 Å². The number of aryl methyl sites for hydroxylation is 1. The maximum absolute atomic E-state index is 11.9. The minimum atomic E-state index is -0.806. The van der Waals surface area contributed by atoms with E-state index in [1.54, 1.807) is 23.9 Å². The average molecular weight is 465 g/mol. The van der Waals surface area contributed by atoms with Gasteiger partial charge in [0.2, 0.25) is 0 Å². The lowest BCUT2D eigenvalue weighted by Crippen LogP contribution is -2.22. The highest BCUT2D eigenvalue weighted by molar-refractivity contribution is 8.00. The van der Waals surface area contributed by atoms with E-state index in [0.717, 1.165) is 45.7 Å². The van der Waals surface area contributed by atoms with E-state index in [2.05, 4.69) is 78.5 Å². The van der Waals surface area contributed by atoms with E-state index >= 15 is 0 Å². The molecular formula is C26H28N2O2S2. The topological polar surface area (TPSA) is 52.6 Å². The third-order valence-corrected chi connectivity index (χ3v) is 7.34. The predicted octanol–water partition coefficient (Wildman–Crippen LogP) is 6.86. The third-order valence-electron chi connectivity index (χ3n) is 6.15. The van der Waals surface area contributed by atoms with Crippen molar-refractivity contribution >= 4 is 41.2 Å². The first kappa shape index (κ1) is 22.6. The van der Waals surface area contributed by atoms with E-state index in [4.69, 9.17) is 0 Å². The summed E-state index contributed by atoms with van der Waals surface area (Å²) in [4.78, 5) is 11.9. The van der Waals surface area contributed by atoms with Crippen molar-refractivity contribution in [2.75, 3.05) is 21.5 Å². The quantitative estimate of drug-likeness (QED) is 0.389. The zero-order valence-electron chi connectivity index (χ0n) is 19.1. The van der Waals surface area contributed by atoms with Crippen molar-refractivity contribution in [2.24, 2.45) is 0 Å². The van der Waals surface area contributed by atoms with Gasteiger partial charge in [-0.2, -0.15) is 0 Å². The Hall–Kier alpha value is -2.57. The fourth-order valence-electron chi connectivity index (χ4n) is 4.69. The Morgan fingerprint density at radius 3 is 2.38 bits per heavy atom. The number of carboxylic acids is 1. The number of rotatable bonds is 6. The second kappa shape index (κ2) is 9.12. The molecule has 0 unspecified atom stereocenters. The Morgan fingerprint density at radius 2 is 1.75 bits per heavy atom. The minimum Gasteiger partial charge on any atom is -0.481 e. The van der Waals surface area contributed by atoms with Crippen LogP contribution < -0.4 is 9.03 Å². The molecule has 0 radical (unpaired) electrons. The standard InChI is InChI=1S/C26H28N2O2S2/c1-15-6-8-18(9-7-15)24-17(3)25-22-12-20(27-31-4)11-10-19(22)14-28(32-5)26(25)16(2)21(24)13-23(29)30/h6-12,27H,13-14H2,1-5H3,(H,29,30). The molecule has 0 saturated carbocycles. The van der Waals surface area contributed by atoms with Gasteiger partial charge in [-0.05, 0) is 71.8 Å². The van der Waals surface area contributed by atoms with Gasteiger partial charge in [0.05, 0.1) is 18.7 Å². The van der Waals surface area contributed by atoms with E-state index < -0.39 is 5.97 Å². The number of carbonyl (C=O) groups is 1. The molecule has 0 aromatic heterocycles.